The first-order valence-electron chi connectivity index (χ1n) is 7.54. The lowest BCUT2D eigenvalue weighted by Crippen LogP contribution is -2.46. The average molecular weight is 305 g/mol. The molecule has 1 heterocycles. The molecule has 120 valence electrons. The van der Waals surface area contributed by atoms with Gasteiger partial charge in [0.05, 0.1) is 12.6 Å². The second kappa shape index (κ2) is 7.91. The molecule has 0 aromatic heterocycles. The number of carbonyl (C=O) groups is 2. The summed E-state index contributed by atoms with van der Waals surface area (Å²) in [6.45, 7) is 3.22. The fourth-order valence-electron chi connectivity index (χ4n) is 2.46. The molecular weight excluding hydrogens is 282 g/mol. The fraction of sp³-hybridized carbons (Fsp3) is 0.500. The van der Waals surface area contributed by atoms with Gasteiger partial charge in [0.1, 0.15) is 6.61 Å². The minimum absolute atomic E-state index is 0.0107. The van der Waals surface area contributed by atoms with Crippen LogP contribution in [0.4, 0.5) is 5.69 Å². The van der Waals surface area contributed by atoms with Crippen molar-refractivity contribution in [2.24, 2.45) is 5.73 Å². The van der Waals surface area contributed by atoms with Gasteiger partial charge in [-0.25, -0.2) is 0 Å². The van der Waals surface area contributed by atoms with Gasteiger partial charge in [-0.15, -0.1) is 0 Å². The standard InChI is InChI=1S/C16H23N3O3/c1-12-4-6-13(7-5-12)18-15(20)11-22-14-3-2-8-19(10-14)16(21)9-17/h4-7,14H,2-3,8-11,17H2,1H3,(H,18,20). The Bertz CT molecular complexity index is 516. The second-order valence-electron chi connectivity index (χ2n) is 5.53. The first kappa shape index (κ1) is 16.5. The van der Waals surface area contributed by atoms with Gasteiger partial charge in [0.25, 0.3) is 0 Å². The van der Waals surface area contributed by atoms with Crippen molar-refractivity contribution in [1.82, 2.24) is 4.90 Å². The molecule has 0 saturated carbocycles. The topological polar surface area (TPSA) is 84.7 Å². The highest BCUT2D eigenvalue weighted by atomic mass is 16.5. The zero-order valence-electron chi connectivity index (χ0n) is 12.9. The maximum absolute atomic E-state index is 11.9. The van der Waals surface area contributed by atoms with Gasteiger partial charge in [-0.2, -0.15) is 0 Å². The summed E-state index contributed by atoms with van der Waals surface area (Å²) in [6.07, 6.45) is 1.62. The number of ether oxygens (including phenoxy) is 1. The number of amides is 2. The van der Waals surface area contributed by atoms with Crippen molar-refractivity contribution in [1.29, 1.82) is 0 Å². The molecule has 6 nitrogen and oxygen atoms in total. The van der Waals surface area contributed by atoms with Crippen LogP contribution < -0.4 is 11.1 Å². The maximum atomic E-state index is 11.9. The van der Waals surface area contributed by atoms with Gasteiger partial charge in [-0.1, -0.05) is 17.7 Å². The Morgan fingerprint density at radius 3 is 2.77 bits per heavy atom. The minimum Gasteiger partial charge on any atom is -0.367 e. The van der Waals surface area contributed by atoms with E-state index in [0.717, 1.165) is 24.1 Å². The molecule has 0 bridgehead atoms. The van der Waals surface area contributed by atoms with Crippen molar-refractivity contribution in [3.63, 3.8) is 0 Å². The summed E-state index contributed by atoms with van der Waals surface area (Å²) in [6, 6.07) is 7.59. The number of hydrogen-bond donors (Lipinski definition) is 2. The SMILES string of the molecule is Cc1ccc(NC(=O)COC2CCCN(C(=O)CN)C2)cc1. The lowest BCUT2D eigenvalue weighted by molar-refractivity contribution is -0.135. The lowest BCUT2D eigenvalue weighted by Gasteiger charge is -2.32. The summed E-state index contributed by atoms with van der Waals surface area (Å²) in [7, 11) is 0. The molecule has 0 spiro atoms. The summed E-state index contributed by atoms with van der Waals surface area (Å²) >= 11 is 0. The third-order valence-electron chi connectivity index (χ3n) is 3.69. The first-order chi connectivity index (χ1) is 10.6. The van der Waals surface area contributed by atoms with E-state index in [2.05, 4.69) is 5.32 Å². The Morgan fingerprint density at radius 1 is 1.36 bits per heavy atom. The molecule has 0 radical (unpaired) electrons. The molecule has 6 heteroatoms. The number of nitrogens with zero attached hydrogens (tertiary/aromatic N) is 1. The van der Waals surface area contributed by atoms with Crippen LogP contribution in [0.2, 0.25) is 0 Å². The van der Waals surface area contributed by atoms with Gasteiger partial charge in [0, 0.05) is 18.8 Å². The number of hydrogen-bond acceptors (Lipinski definition) is 4. The molecule has 1 aromatic carbocycles. The van der Waals surface area contributed by atoms with Crippen LogP contribution >= 0.6 is 0 Å². The smallest absolute Gasteiger partial charge is 0.250 e. The number of carbonyl (C=O) groups excluding carboxylic acids is 2. The molecule has 1 fully saturated rings. The van der Waals surface area contributed by atoms with Gasteiger partial charge in [-0.05, 0) is 31.9 Å². The molecule has 22 heavy (non-hydrogen) atoms. The number of aryl methyl sites for hydroxylation is 1. The van der Waals surface area contributed by atoms with E-state index < -0.39 is 0 Å². The third-order valence-corrected chi connectivity index (χ3v) is 3.69. The lowest BCUT2D eigenvalue weighted by atomic mass is 10.1. The van der Waals surface area contributed by atoms with Crippen molar-refractivity contribution in [2.75, 3.05) is 31.6 Å². The number of nitrogens with two attached hydrogens (primary N) is 1. The van der Waals surface area contributed by atoms with Gasteiger partial charge in [-0.3, -0.25) is 9.59 Å². The highest BCUT2D eigenvalue weighted by Crippen LogP contribution is 2.14. The Kier molecular flexibility index (Phi) is 5.91. The van der Waals surface area contributed by atoms with Crippen molar-refractivity contribution in [2.45, 2.75) is 25.9 Å². The molecular formula is C16H23N3O3. The maximum Gasteiger partial charge on any atom is 0.250 e. The molecule has 2 amide bonds. The number of piperidine rings is 1. The van der Waals surface area contributed by atoms with Crippen molar-refractivity contribution >= 4 is 17.5 Å². The number of rotatable bonds is 5. The Hall–Kier alpha value is -1.92. The van der Waals surface area contributed by atoms with Gasteiger partial charge < -0.3 is 20.7 Å². The number of likely N-dealkylation sites (tertiary alicyclic amines) is 1. The molecule has 1 aliphatic heterocycles. The molecule has 1 aromatic rings. The van der Waals surface area contributed by atoms with Crippen LogP contribution in [0, 0.1) is 6.92 Å². The molecule has 1 saturated heterocycles. The van der Waals surface area contributed by atoms with Crippen LogP contribution in [0.3, 0.4) is 0 Å². The van der Waals surface area contributed by atoms with E-state index in [-0.39, 0.29) is 31.1 Å². The normalized spacial score (nSPS) is 18.1. The van der Waals surface area contributed by atoms with Crippen molar-refractivity contribution < 1.29 is 14.3 Å². The predicted molar refractivity (Wildman–Crippen MR) is 84.4 cm³/mol. The van der Waals surface area contributed by atoms with Crippen LogP contribution in [-0.2, 0) is 14.3 Å². The quantitative estimate of drug-likeness (QED) is 0.846. The summed E-state index contributed by atoms with van der Waals surface area (Å²) in [5, 5.41) is 2.79. The molecule has 0 aliphatic carbocycles. The van der Waals surface area contributed by atoms with Crippen LogP contribution in [0.15, 0.2) is 24.3 Å². The fourth-order valence-corrected chi connectivity index (χ4v) is 2.46. The van der Waals surface area contributed by atoms with Gasteiger partial charge >= 0.3 is 0 Å². The first-order valence-corrected chi connectivity index (χ1v) is 7.54. The van der Waals surface area contributed by atoms with E-state index in [1.54, 1.807) is 4.90 Å². The largest absolute Gasteiger partial charge is 0.367 e. The highest BCUT2D eigenvalue weighted by molar-refractivity contribution is 5.91. The van der Waals surface area contributed by atoms with E-state index in [0.29, 0.717) is 13.1 Å². The van der Waals surface area contributed by atoms with Crippen molar-refractivity contribution in [3.8, 4) is 0 Å². The zero-order valence-corrected chi connectivity index (χ0v) is 12.9. The third kappa shape index (κ3) is 4.82. The van der Waals surface area contributed by atoms with Crippen LogP contribution in [0.5, 0.6) is 0 Å². The Labute approximate surface area is 130 Å². The van der Waals surface area contributed by atoms with Gasteiger partial charge in [0.15, 0.2) is 0 Å². The second-order valence-corrected chi connectivity index (χ2v) is 5.53. The predicted octanol–water partition coefficient (Wildman–Crippen LogP) is 0.900. The van der Waals surface area contributed by atoms with E-state index in [1.807, 2.05) is 31.2 Å². The van der Waals surface area contributed by atoms with Crippen LogP contribution in [-0.4, -0.2) is 49.1 Å². The molecule has 1 aliphatic rings. The zero-order chi connectivity index (χ0) is 15.9. The van der Waals surface area contributed by atoms with E-state index in [4.69, 9.17) is 10.5 Å². The van der Waals surface area contributed by atoms with E-state index >= 15 is 0 Å². The monoisotopic (exact) mass is 305 g/mol. The highest BCUT2D eigenvalue weighted by Gasteiger charge is 2.23. The minimum atomic E-state index is -0.189. The average Bonchev–Trinajstić information content (AvgIpc) is 2.54. The summed E-state index contributed by atoms with van der Waals surface area (Å²) in [5.74, 6) is -0.261. The van der Waals surface area contributed by atoms with Crippen LogP contribution in [0.25, 0.3) is 0 Å². The summed E-state index contributed by atoms with van der Waals surface area (Å²) in [5.41, 5.74) is 7.26. The molecule has 1 unspecified atom stereocenters. The molecule has 3 N–H and O–H groups in total. The Morgan fingerprint density at radius 2 is 2.09 bits per heavy atom. The van der Waals surface area contributed by atoms with Gasteiger partial charge in [0.2, 0.25) is 11.8 Å². The number of benzene rings is 1. The van der Waals surface area contributed by atoms with E-state index in [1.165, 1.54) is 0 Å². The number of nitrogens with one attached hydrogen (secondary N) is 1. The summed E-state index contributed by atoms with van der Waals surface area (Å²) in [4.78, 5) is 25.2. The summed E-state index contributed by atoms with van der Waals surface area (Å²) < 4.78 is 5.62. The van der Waals surface area contributed by atoms with Crippen molar-refractivity contribution in [3.05, 3.63) is 29.8 Å². The van der Waals surface area contributed by atoms with E-state index in [9.17, 15) is 9.59 Å². The Balaban J connectivity index is 1.76. The molecule has 1 atom stereocenters. The van der Waals surface area contributed by atoms with Crippen LogP contribution in [0.1, 0.15) is 18.4 Å². The molecule has 2 rings (SSSR count). The number of anilines is 1.